The van der Waals surface area contributed by atoms with Gasteiger partial charge in [-0.2, -0.15) is 5.10 Å². The van der Waals surface area contributed by atoms with Crippen LogP contribution in [0.25, 0.3) is 33.7 Å². The average Bonchev–Trinajstić information content (AvgIpc) is 3.29. The molecule has 0 aliphatic rings. The van der Waals surface area contributed by atoms with Gasteiger partial charge < -0.3 is 14.7 Å². The second-order valence-corrected chi connectivity index (χ2v) is 6.86. The number of aromatic nitrogens is 5. The third-order valence-electron chi connectivity index (χ3n) is 5.15. The van der Waals surface area contributed by atoms with Gasteiger partial charge in [0.15, 0.2) is 11.6 Å². The van der Waals surface area contributed by atoms with Gasteiger partial charge in [-0.25, -0.2) is 9.67 Å². The molecule has 144 valence electrons. The summed E-state index contributed by atoms with van der Waals surface area (Å²) in [5.74, 6) is 1.00. The predicted octanol–water partition coefficient (Wildman–Crippen LogP) is 2.66. The van der Waals surface area contributed by atoms with Gasteiger partial charge in [0.05, 0.1) is 18.7 Å². The van der Waals surface area contributed by atoms with Gasteiger partial charge in [0.1, 0.15) is 0 Å². The molecule has 0 fully saturated rings. The molecule has 3 heterocycles. The minimum Gasteiger partial charge on any atom is -0.394 e. The number of aliphatic hydroxyl groups excluding tert-OH is 1. The first-order valence-corrected chi connectivity index (χ1v) is 9.37. The number of nitrogens with one attached hydrogen (secondary N) is 1. The number of H-pyrrole nitrogens is 1. The van der Waals surface area contributed by atoms with Crippen LogP contribution in [0.3, 0.4) is 0 Å². The molecule has 0 saturated heterocycles. The highest BCUT2D eigenvalue weighted by Gasteiger charge is 2.20. The Labute approximate surface area is 162 Å². The van der Waals surface area contributed by atoms with Crippen molar-refractivity contribution in [1.29, 1.82) is 0 Å². The first kappa shape index (κ1) is 18.2. The summed E-state index contributed by atoms with van der Waals surface area (Å²) < 4.78 is 3.28. The molecule has 0 unspecified atom stereocenters. The Morgan fingerprint density at radius 1 is 1.21 bits per heavy atom. The monoisotopic (exact) mass is 377 g/mol. The van der Waals surface area contributed by atoms with Crippen LogP contribution in [-0.4, -0.2) is 36.0 Å². The molecule has 2 N–H and O–H groups in total. The Balaban J connectivity index is 1.93. The van der Waals surface area contributed by atoms with E-state index in [1.807, 2.05) is 50.4 Å². The third-order valence-corrected chi connectivity index (χ3v) is 5.15. The molecule has 0 atom stereocenters. The molecule has 28 heavy (non-hydrogen) atoms. The van der Waals surface area contributed by atoms with E-state index in [-0.39, 0.29) is 18.7 Å². The lowest BCUT2D eigenvalue weighted by atomic mass is 10.1. The number of hydrogen-bond acceptors (Lipinski definition) is 4. The topological polar surface area (TPSA) is 88.7 Å². The number of nitrogens with zero attached hydrogens (tertiary/aromatic N) is 4. The lowest BCUT2D eigenvalue weighted by Gasteiger charge is -2.12. The van der Waals surface area contributed by atoms with Gasteiger partial charge in [-0.05, 0) is 31.0 Å². The molecule has 0 amide bonds. The lowest BCUT2D eigenvalue weighted by Crippen LogP contribution is -2.24. The number of para-hydroxylation sites is 1. The molecule has 0 radical (unpaired) electrons. The lowest BCUT2D eigenvalue weighted by molar-refractivity contribution is 0.270. The highest BCUT2D eigenvalue weighted by Crippen LogP contribution is 2.28. The van der Waals surface area contributed by atoms with Gasteiger partial charge in [-0.15, -0.1) is 0 Å². The van der Waals surface area contributed by atoms with Crippen molar-refractivity contribution in [1.82, 2.24) is 24.3 Å². The minimum absolute atomic E-state index is 0.0873. The van der Waals surface area contributed by atoms with Crippen LogP contribution in [0.1, 0.15) is 18.2 Å². The second kappa shape index (κ2) is 7.09. The number of aliphatic hydroxyl groups is 1. The van der Waals surface area contributed by atoms with Crippen molar-refractivity contribution in [2.75, 3.05) is 6.61 Å². The SMILES string of the molecule is CCc1c(C)cc(-c2nc(-c3c[nH]c4ccccc34)nn2CCO)c(=O)n1C. The first-order chi connectivity index (χ1) is 13.5. The van der Waals surface area contributed by atoms with E-state index in [1.54, 1.807) is 16.3 Å². The summed E-state index contributed by atoms with van der Waals surface area (Å²) in [7, 11) is 1.78. The molecule has 0 bridgehead atoms. The van der Waals surface area contributed by atoms with Gasteiger partial charge in [0.25, 0.3) is 5.56 Å². The molecule has 0 saturated carbocycles. The summed E-state index contributed by atoms with van der Waals surface area (Å²) in [6.45, 7) is 4.21. The number of hydrogen-bond donors (Lipinski definition) is 2. The summed E-state index contributed by atoms with van der Waals surface area (Å²) in [5, 5.41) is 15.1. The van der Waals surface area contributed by atoms with Crippen molar-refractivity contribution in [3.63, 3.8) is 0 Å². The summed E-state index contributed by atoms with van der Waals surface area (Å²) in [6, 6.07) is 9.80. The zero-order chi connectivity index (χ0) is 19.8. The second-order valence-electron chi connectivity index (χ2n) is 6.86. The van der Waals surface area contributed by atoms with E-state index in [2.05, 4.69) is 10.1 Å². The van der Waals surface area contributed by atoms with Crippen LogP contribution in [-0.2, 0) is 20.0 Å². The van der Waals surface area contributed by atoms with E-state index in [4.69, 9.17) is 4.98 Å². The molecule has 4 rings (SSSR count). The van der Waals surface area contributed by atoms with Crippen LogP contribution in [0.15, 0.2) is 41.3 Å². The predicted molar refractivity (Wildman–Crippen MR) is 109 cm³/mol. The van der Waals surface area contributed by atoms with Crippen molar-refractivity contribution in [2.45, 2.75) is 26.8 Å². The molecule has 3 aromatic heterocycles. The maximum absolute atomic E-state index is 13.0. The van der Waals surface area contributed by atoms with Gasteiger partial charge in [-0.3, -0.25) is 4.79 Å². The smallest absolute Gasteiger partial charge is 0.261 e. The molecular weight excluding hydrogens is 354 g/mol. The number of aromatic amines is 1. The fourth-order valence-corrected chi connectivity index (χ4v) is 3.77. The van der Waals surface area contributed by atoms with Crippen LogP contribution >= 0.6 is 0 Å². The van der Waals surface area contributed by atoms with Gasteiger partial charge in [0, 0.05) is 35.4 Å². The molecule has 0 spiro atoms. The largest absolute Gasteiger partial charge is 0.394 e. The van der Waals surface area contributed by atoms with Crippen molar-refractivity contribution in [3.8, 4) is 22.8 Å². The Hall–Kier alpha value is -3.19. The van der Waals surface area contributed by atoms with Gasteiger partial charge in [0.2, 0.25) is 0 Å². The molecule has 7 heteroatoms. The van der Waals surface area contributed by atoms with E-state index in [0.29, 0.717) is 17.2 Å². The fraction of sp³-hybridized carbons (Fsp3) is 0.286. The number of rotatable bonds is 5. The highest BCUT2D eigenvalue weighted by atomic mass is 16.3. The summed E-state index contributed by atoms with van der Waals surface area (Å²) in [5.41, 5.74) is 4.28. The van der Waals surface area contributed by atoms with Crippen molar-refractivity contribution in [2.24, 2.45) is 7.05 Å². The average molecular weight is 377 g/mol. The molecular formula is C21H23N5O2. The third kappa shape index (κ3) is 2.84. The van der Waals surface area contributed by atoms with E-state index < -0.39 is 0 Å². The maximum Gasteiger partial charge on any atom is 0.261 e. The van der Waals surface area contributed by atoms with E-state index in [0.717, 1.165) is 34.1 Å². The van der Waals surface area contributed by atoms with E-state index in [1.165, 1.54) is 0 Å². The summed E-state index contributed by atoms with van der Waals surface area (Å²) in [4.78, 5) is 20.9. The number of aryl methyl sites for hydroxylation is 1. The molecule has 7 nitrogen and oxygen atoms in total. The quantitative estimate of drug-likeness (QED) is 0.560. The van der Waals surface area contributed by atoms with Crippen LogP contribution < -0.4 is 5.56 Å². The molecule has 0 aliphatic heterocycles. The zero-order valence-corrected chi connectivity index (χ0v) is 16.2. The normalized spacial score (nSPS) is 11.4. The van der Waals surface area contributed by atoms with Gasteiger partial charge in [-0.1, -0.05) is 25.1 Å². The number of fused-ring (bicyclic) bond motifs is 1. The number of benzene rings is 1. The van der Waals surface area contributed by atoms with Gasteiger partial charge >= 0.3 is 0 Å². The van der Waals surface area contributed by atoms with Crippen molar-refractivity contribution in [3.05, 3.63) is 58.1 Å². The van der Waals surface area contributed by atoms with E-state index >= 15 is 0 Å². The highest BCUT2D eigenvalue weighted by molar-refractivity contribution is 5.93. The first-order valence-electron chi connectivity index (χ1n) is 9.37. The Morgan fingerprint density at radius 3 is 2.75 bits per heavy atom. The Morgan fingerprint density at radius 2 is 2.00 bits per heavy atom. The van der Waals surface area contributed by atoms with Crippen molar-refractivity contribution >= 4 is 10.9 Å². The number of pyridine rings is 1. The minimum atomic E-state index is -0.112. The molecule has 4 aromatic rings. The Bertz CT molecular complexity index is 1220. The zero-order valence-electron chi connectivity index (χ0n) is 16.2. The van der Waals surface area contributed by atoms with Crippen LogP contribution in [0.2, 0.25) is 0 Å². The Kier molecular flexibility index (Phi) is 4.60. The van der Waals surface area contributed by atoms with Crippen LogP contribution in [0, 0.1) is 6.92 Å². The summed E-state index contributed by atoms with van der Waals surface area (Å²) >= 11 is 0. The van der Waals surface area contributed by atoms with Crippen LogP contribution in [0.4, 0.5) is 0 Å². The maximum atomic E-state index is 13.0. The summed E-state index contributed by atoms with van der Waals surface area (Å²) in [6.07, 6.45) is 2.65. The van der Waals surface area contributed by atoms with E-state index in [9.17, 15) is 9.90 Å². The fourth-order valence-electron chi connectivity index (χ4n) is 3.77. The van der Waals surface area contributed by atoms with Crippen molar-refractivity contribution < 1.29 is 5.11 Å². The molecule has 0 aliphatic carbocycles. The molecule has 1 aromatic carbocycles. The standard InChI is InChI=1S/C21H23N5O2/c1-4-18-13(2)11-15(21(28)25(18)3)20-23-19(24-26(20)9-10-27)16-12-22-17-8-6-5-7-14(16)17/h5-8,11-12,22,27H,4,9-10H2,1-3H3. The van der Waals surface area contributed by atoms with Crippen LogP contribution in [0.5, 0.6) is 0 Å².